The Bertz CT molecular complexity index is 821. The number of halogens is 2. The van der Waals surface area contributed by atoms with Gasteiger partial charge in [0.1, 0.15) is 5.70 Å². The molecule has 0 aliphatic carbocycles. The van der Waals surface area contributed by atoms with Crippen molar-refractivity contribution >= 4 is 50.7 Å². The first-order chi connectivity index (χ1) is 11.5. The Balaban J connectivity index is 1.77. The smallest absolute Gasteiger partial charge is 0.273 e. The standard InChI is InChI=1S/C17H13BrClN3O2/c18-11-5-7-12(8-6-11)22-16(23)10-9-15(21-22)17(24)20-14-4-2-1-3-13(14)19/h1-9,21H,10H2,(H,20,24). The van der Waals surface area contributed by atoms with Crippen LogP contribution in [0.5, 0.6) is 0 Å². The van der Waals surface area contributed by atoms with E-state index in [4.69, 9.17) is 11.6 Å². The summed E-state index contributed by atoms with van der Waals surface area (Å²) in [7, 11) is 0. The molecule has 2 aromatic rings. The van der Waals surface area contributed by atoms with Crippen LogP contribution in [0.25, 0.3) is 0 Å². The Hall–Kier alpha value is -2.31. The van der Waals surface area contributed by atoms with Crippen molar-refractivity contribution in [3.05, 3.63) is 69.8 Å². The summed E-state index contributed by atoms with van der Waals surface area (Å²) in [5.41, 5.74) is 4.31. The van der Waals surface area contributed by atoms with Crippen LogP contribution < -0.4 is 15.8 Å². The Kier molecular flexibility index (Phi) is 4.87. The fraction of sp³-hybridized carbons (Fsp3) is 0.0588. The number of carbonyl (C=O) groups is 2. The number of hydrogen-bond donors (Lipinski definition) is 2. The van der Waals surface area contributed by atoms with Gasteiger partial charge in [-0.05, 0) is 42.5 Å². The number of benzene rings is 2. The molecule has 0 bridgehead atoms. The minimum atomic E-state index is -0.363. The van der Waals surface area contributed by atoms with Crippen molar-refractivity contribution in [2.45, 2.75) is 6.42 Å². The van der Waals surface area contributed by atoms with Gasteiger partial charge in [-0.25, -0.2) is 5.01 Å². The van der Waals surface area contributed by atoms with Crippen molar-refractivity contribution in [3.8, 4) is 0 Å². The molecule has 1 aliphatic heterocycles. The molecule has 0 radical (unpaired) electrons. The van der Waals surface area contributed by atoms with Crippen LogP contribution in [0.3, 0.4) is 0 Å². The van der Waals surface area contributed by atoms with Crippen molar-refractivity contribution < 1.29 is 9.59 Å². The number of anilines is 2. The van der Waals surface area contributed by atoms with E-state index in [1.807, 2.05) is 12.1 Å². The molecular formula is C17H13BrClN3O2. The van der Waals surface area contributed by atoms with Gasteiger partial charge in [-0.1, -0.05) is 39.7 Å². The number of nitrogens with one attached hydrogen (secondary N) is 2. The molecule has 0 saturated carbocycles. The molecule has 0 fully saturated rings. The van der Waals surface area contributed by atoms with Gasteiger partial charge in [0.05, 0.1) is 16.4 Å². The summed E-state index contributed by atoms with van der Waals surface area (Å²) in [5, 5.41) is 4.53. The van der Waals surface area contributed by atoms with Crippen LogP contribution in [0.15, 0.2) is 64.8 Å². The molecule has 0 unspecified atom stereocenters. The van der Waals surface area contributed by atoms with E-state index in [2.05, 4.69) is 26.7 Å². The molecule has 24 heavy (non-hydrogen) atoms. The monoisotopic (exact) mass is 405 g/mol. The molecule has 7 heteroatoms. The summed E-state index contributed by atoms with van der Waals surface area (Å²) in [6.07, 6.45) is 1.69. The van der Waals surface area contributed by atoms with Gasteiger partial charge in [0.15, 0.2) is 0 Å². The Morgan fingerprint density at radius 2 is 1.88 bits per heavy atom. The molecule has 2 aromatic carbocycles. The molecule has 0 atom stereocenters. The zero-order chi connectivity index (χ0) is 17.1. The number of para-hydroxylation sites is 1. The van der Waals surface area contributed by atoms with Crippen molar-refractivity contribution in [1.82, 2.24) is 5.43 Å². The molecule has 1 heterocycles. The Morgan fingerprint density at radius 1 is 1.17 bits per heavy atom. The van der Waals surface area contributed by atoms with Gasteiger partial charge in [-0.2, -0.15) is 0 Å². The molecular weight excluding hydrogens is 394 g/mol. The highest BCUT2D eigenvalue weighted by Gasteiger charge is 2.24. The molecule has 0 aromatic heterocycles. The van der Waals surface area contributed by atoms with E-state index in [0.717, 1.165) is 4.47 Å². The number of nitrogens with zero attached hydrogens (tertiary/aromatic N) is 1. The maximum atomic E-state index is 12.4. The van der Waals surface area contributed by atoms with Crippen molar-refractivity contribution in [2.75, 3.05) is 10.3 Å². The average molecular weight is 407 g/mol. The van der Waals surface area contributed by atoms with Crippen LogP contribution in [-0.2, 0) is 9.59 Å². The summed E-state index contributed by atoms with van der Waals surface area (Å²) >= 11 is 9.40. The largest absolute Gasteiger partial charge is 0.319 e. The quantitative estimate of drug-likeness (QED) is 0.813. The fourth-order valence-electron chi connectivity index (χ4n) is 2.20. The number of carbonyl (C=O) groups excluding carboxylic acids is 2. The summed E-state index contributed by atoms with van der Waals surface area (Å²) in [6, 6.07) is 14.2. The predicted molar refractivity (Wildman–Crippen MR) is 97.5 cm³/mol. The van der Waals surface area contributed by atoms with E-state index in [0.29, 0.717) is 16.4 Å². The van der Waals surface area contributed by atoms with E-state index in [1.54, 1.807) is 42.5 Å². The summed E-state index contributed by atoms with van der Waals surface area (Å²) < 4.78 is 0.905. The van der Waals surface area contributed by atoms with Crippen molar-refractivity contribution in [2.24, 2.45) is 0 Å². The highest BCUT2D eigenvalue weighted by Crippen LogP contribution is 2.23. The third-order valence-electron chi connectivity index (χ3n) is 3.41. The summed E-state index contributed by atoms with van der Waals surface area (Å²) in [6.45, 7) is 0. The zero-order valence-corrected chi connectivity index (χ0v) is 14.8. The maximum absolute atomic E-state index is 12.4. The van der Waals surface area contributed by atoms with Crippen LogP contribution in [0.1, 0.15) is 6.42 Å². The molecule has 2 amide bonds. The molecule has 0 saturated heterocycles. The SMILES string of the molecule is O=C(Nc1ccccc1Cl)C1=CCC(=O)N(c2ccc(Br)cc2)N1. The highest BCUT2D eigenvalue weighted by molar-refractivity contribution is 9.10. The van der Waals surface area contributed by atoms with E-state index in [1.165, 1.54) is 5.01 Å². The topological polar surface area (TPSA) is 61.4 Å². The number of amides is 2. The predicted octanol–water partition coefficient (Wildman–Crippen LogP) is 3.87. The first-order valence-electron chi connectivity index (χ1n) is 7.16. The van der Waals surface area contributed by atoms with Crippen LogP contribution in [0, 0.1) is 0 Å². The molecule has 3 rings (SSSR count). The van der Waals surface area contributed by atoms with Crippen LogP contribution in [-0.4, -0.2) is 11.8 Å². The van der Waals surface area contributed by atoms with Crippen LogP contribution >= 0.6 is 27.5 Å². The van der Waals surface area contributed by atoms with E-state index in [9.17, 15) is 9.59 Å². The second-order valence-electron chi connectivity index (χ2n) is 5.07. The minimum absolute atomic E-state index is 0.133. The van der Waals surface area contributed by atoms with Crippen molar-refractivity contribution in [3.63, 3.8) is 0 Å². The maximum Gasteiger partial charge on any atom is 0.273 e. The second-order valence-corrected chi connectivity index (χ2v) is 6.40. The summed E-state index contributed by atoms with van der Waals surface area (Å²) in [4.78, 5) is 24.5. The fourth-order valence-corrected chi connectivity index (χ4v) is 2.65. The molecule has 122 valence electrons. The van der Waals surface area contributed by atoms with Gasteiger partial charge >= 0.3 is 0 Å². The van der Waals surface area contributed by atoms with Gasteiger partial charge in [-0.15, -0.1) is 0 Å². The highest BCUT2D eigenvalue weighted by atomic mass is 79.9. The van der Waals surface area contributed by atoms with Gasteiger partial charge < -0.3 is 5.32 Å². The lowest BCUT2D eigenvalue weighted by Gasteiger charge is -2.28. The average Bonchev–Trinajstić information content (AvgIpc) is 2.58. The number of rotatable bonds is 3. The second kappa shape index (κ2) is 7.07. The first kappa shape index (κ1) is 16.5. The van der Waals surface area contributed by atoms with Crippen LogP contribution in [0.2, 0.25) is 5.02 Å². The third kappa shape index (κ3) is 3.60. The Labute approximate surface area is 152 Å². The Morgan fingerprint density at radius 3 is 2.58 bits per heavy atom. The van der Waals surface area contributed by atoms with Gasteiger partial charge in [0, 0.05) is 10.9 Å². The van der Waals surface area contributed by atoms with Crippen LogP contribution in [0.4, 0.5) is 11.4 Å². The molecule has 0 spiro atoms. The summed E-state index contributed by atoms with van der Waals surface area (Å²) in [5.74, 6) is -0.510. The van der Waals surface area contributed by atoms with Gasteiger partial charge in [-0.3, -0.25) is 15.0 Å². The van der Waals surface area contributed by atoms with Crippen molar-refractivity contribution in [1.29, 1.82) is 0 Å². The van der Waals surface area contributed by atoms with E-state index in [-0.39, 0.29) is 23.9 Å². The minimum Gasteiger partial charge on any atom is -0.319 e. The van der Waals surface area contributed by atoms with Gasteiger partial charge in [0.25, 0.3) is 5.91 Å². The van der Waals surface area contributed by atoms with E-state index >= 15 is 0 Å². The molecule has 1 aliphatic rings. The number of hydrogen-bond acceptors (Lipinski definition) is 3. The lowest BCUT2D eigenvalue weighted by atomic mass is 10.2. The normalized spacial score (nSPS) is 14.0. The number of hydrazine groups is 1. The molecule has 2 N–H and O–H groups in total. The van der Waals surface area contributed by atoms with Gasteiger partial charge in [0.2, 0.25) is 5.91 Å². The molecule has 5 nitrogen and oxygen atoms in total. The lowest BCUT2D eigenvalue weighted by Crippen LogP contribution is -2.47. The zero-order valence-electron chi connectivity index (χ0n) is 12.4. The first-order valence-corrected chi connectivity index (χ1v) is 8.33. The van der Waals surface area contributed by atoms with E-state index < -0.39 is 0 Å². The third-order valence-corrected chi connectivity index (χ3v) is 4.27. The lowest BCUT2D eigenvalue weighted by molar-refractivity contribution is -0.119.